The van der Waals surface area contributed by atoms with E-state index in [0.29, 0.717) is 21.7 Å². The predicted molar refractivity (Wildman–Crippen MR) is 125 cm³/mol. The van der Waals surface area contributed by atoms with Crippen molar-refractivity contribution in [3.8, 4) is 5.69 Å². The average Bonchev–Trinajstić information content (AvgIpc) is 2.79. The largest absolute Gasteiger partial charge is 0.272 e. The van der Waals surface area contributed by atoms with Crippen molar-refractivity contribution in [1.29, 1.82) is 0 Å². The van der Waals surface area contributed by atoms with Crippen LogP contribution >= 0.6 is 11.8 Å². The van der Waals surface area contributed by atoms with Crippen LogP contribution in [0.3, 0.4) is 0 Å². The van der Waals surface area contributed by atoms with Crippen LogP contribution in [-0.2, 0) is 4.79 Å². The van der Waals surface area contributed by atoms with Gasteiger partial charge in [0.25, 0.3) is 11.5 Å². The van der Waals surface area contributed by atoms with Gasteiger partial charge < -0.3 is 0 Å². The molecule has 0 saturated carbocycles. The first-order chi connectivity index (χ1) is 15.1. The van der Waals surface area contributed by atoms with E-state index in [1.165, 1.54) is 11.8 Å². The number of benzene rings is 3. The Kier molecular flexibility index (Phi) is 6.24. The third-order valence-corrected chi connectivity index (χ3v) is 5.51. The van der Waals surface area contributed by atoms with Crippen LogP contribution in [0.1, 0.15) is 11.1 Å². The van der Waals surface area contributed by atoms with Crippen molar-refractivity contribution in [2.75, 3.05) is 5.75 Å². The minimum Gasteiger partial charge on any atom is -0.272 e. The number of para-hydroxylation sites is 1. The molecule has 31 heavy (non-hydrogen) atoms. The van der Waals surface area contributed by atoms with Crippen molar-refractivity contribution >= 4 is 34.8 Å². The van der Waals surface area contributed by atoms with Crippen molar-refractivity contribution in [2.24, 2.45) is 5.10 Å². The molecule has 154 valence electrons. The van der Waals surface area contributed by atoms with Crippen molar-refractivity contribution in [3.05, 3.63) is 100 Å². The molecule has 1 N–H and O–H groups in total. The van der Waals surface area contributed by atoms with E-state index in [-0.39, 0.29) is 17.2 Å². The lowest BCUT2D eigenvalue weighted by Gasteiger charge is -2.13. The summed E-state index contributed by atoms with van der Waals surface area (Å²) in [5.41, 5.74) is 5.63. The van der Waals surface area contributed by atoms with Crippen LogP contribution in [0.4, 0.5) is 0 Å². The molecule has 6 nitrogen and oxygen atoms in total. The molecule has 1 aromatic heterocycles. The first kappa shape index (κ1) is 20.6. The average molecular weight is 429 g/mol. The van der Waals surface area contributed by atoms with Crippen LogP contribution in [0, 0.1) is 6.92 Å². The number of nitrogens with zero attached hydrogens (tertiary/aromatic N) is 3. The number of hydrogen-bond acceptors (Lipinski definition) is 5. The van der Waals surface area contributed by atoms with Gasteiger partial charge in [0.05, 0.1) is 28.6 Å². The van der Waals surface area contributed by atoms with Crippen molar-refractivity contribution in [1.82, 2.24) is 15.0 Å². The van der Waals surface area contributed by atoms with Crippen molar-refractivity contribution < 1.29 is 4.79 Å². The van der Waals surface area contributed by atoms with E-state index in [1.54, 1.807) is 22.9 Å². The Bertz CT molecular complexity index is 1300. The Labute approximate surface area is 183 Å². The minimum atomic E-state index is -0.282. The van der Waals surface area contributed by atoms with Gasteiger partial charge in [-0.3, -0.25) is 14.2 Å². The van der Waals surface area contributed by atoms with E-state index in [1.807, 2.05) is 73.7 Å². The Balaban J connectivity index is 1.58. The molecule has 0 fully saturated rings. The maximum absolute atomic E-state index is 13.2. The quantitative estimate of drug-likeness (QED) is 0.218. The van der Waals surface area contributed by atoms with Gasteiger partial charge in [-0.2, -0.15) is 5.10 Å². The summed E-state index contributed by atoms with van der Waals surface area (Å²) < 4.78 is 1.55. The number of hydrazone groups is 1. The molecule has 0 saturated heterocycles. The van der Waals surface area contributed by atoms with Gasteiger partial charge in [0.15, 0.2) is 5.16 Å². The van der Waals surface area contributed by atoms with Gasteiger partial charge in [0.2, 0.25) is 0 Å². The first-order valence-electron chi connectivity index (χ1n) is 9.70. The van der Waals surface area contributed by atoms with Crippen LogP contribution < -0.4 is 11.0 Å². The number of rotatable bonds is 6. The second kappa shape index (κ2) is 9.40. The number of nitrogens with one attached hydrogen (secondary N) is 1. The number of fused-ring (bicyclic) bond motifs is 1. The van der Waals surface area contributed by atoms with Crippen LogP contribution in [0.15, 0.2) is 93.9 Å². The van der Waals surface area contributed by atoms with Gasteiger partial charge in [-0.15, -0.1) is 0 Å². The third kappa shape index (κ3) is 4.90. The molecule has 1 amide bonds. The van der Waals surface area contributed by atoms with Gasteiger partial charge in [-0.05, 0) is 36.8 Å². The summed E-state index contributed by atoms with van der Waals surface area (Å²) in [4.78, 5) is 30.1. The molecule has 0 radical (unpaired) electrons. The first-order valence-corrected chi connectivity index (χ1v) is 10.7. The minimum absolute atomic E-state index is 0.0722. The second-order valence-electron chi connectivity index (χ2n) is 6.88. The van der Waals surface area contributed by atoms with Crippen LogP contribution in [0.25, 0.3) is 16.6 Å². The number of carbonyl (C=O) groups excluding carboxylic acids is 1. The fourth-order valence-corrected chi connectivity index (χ4v) is 3.82. The number of thioether (sulfide) groups is 1. The Morgan fingerprint density at radius 1 is 1.03 bits per heavy atom. The molecule has 0 atom stereocenters. The lowest BCUT2D eigenvalue weighted by atomic mass is 10.2. The van der Waals surface area contributed by atoms with Gasteiger partial charge in [0, 0.05) is 0 Å². The topological polar surface area (TPSA) is 76.3 Å². The van der Waals surface area contributed by atoms with E-state index in [0.717, 1.165) is 11.1 Å². The summed E-state index contributed by atoms with van der Waals surface area (Å²) >= 11 is 1.20. The summed E-state index contributed by atoms with van der Waals surface area (Å²) in [6, 6.07) is 24.3. The summed E-state index contributed by atoms with van der Waals surface area (Å²) in [6.07, 6.45) is 1.58. The fraction of sp³-hybridized carbons (Fsp3) is 0.0833. The number of aryl methyl sites for hydroxylation is 1. The SMILES string of the molecule is Cc1ccc(-n2c(SCC(=O)NN=Cc3ccccc3)nc3ccccc3c2=O)cc1. The predicted octanol–water partition coefficient (Wildman–Crippen LogP) is 3.94. The van der Waals surface area contributed by atoms with Crippen LogP contribution in [0.2, 0.25) is 0 Å². The molecule has 0 aliphatic heterocycles. The highest BCUT2D eigenvalue weighted by Gasteiger charge is 2.14. The molecule has 0 aliphatic carbocycles. The maximum atomic E-state index is 13.2. The summed E-state index contributed by atoms with van der Waals surface area (Å²) in [5.74, 6) is -0.210. The van der Waals surface area contributed by atoms with Crippen LogP contribution in [-0.4, -0.2) is 27.4 Å². The molecule has 0 spiro atoms. The number of aromatic nitrogens is 2. The second-order valence-corrected chi connectivity index (χ2v) is 7.82. The Morgan fingerprint density at radius 3 is 2.52 bits per heavy atom. The molecule has 7 heteroatoms. The smallest absolute Gasteiger partial charge is 0.266 e. The lowest BCUT2D eigenvalue weighted by molar-refractivity contribution is -0.118. The Morgan fingerprint density at radius 2 is 1.74 bits per heavy atom. The van der Waals surface area contributed by atoms with E-state index in [2.05, 4.69) is 15.5 Å². The van der Waals surface area contributed by atoms with E-state index in [4.69, 9.17) is 0 Å². The summed E-state index contributed by atoms with van der Waals surface area (Å²) in [6.45, 7) is 1.99. The highest BCUT2D eigenvalue weighted by atomic mass is 32.2. The van der Waals surface area contributed by atoms with E-state index >= 15 is 0 Å². The zero-order valence-electron chi connectivity index (χ0n) is 16.9. The zero-order chi connectivity index (χ0) is 21.6. The fourth-order valence-electron chi connectivity index (χ4n) is 3.01. The number of hydrogen-bond donors (Lipinski definition) is 1. The van der Waals surface area contributed by atoms with Gasteiger partial charge in [-0.1, -0.05) is 71.9 Å². The number of carbonyl (C=O) groups is 1. The highest BCUT2D eigenvalue weighted by molar-refractivity contribution is 7.99. The number of amides is 1. The normalized spacial score (nSPS) is 11.1. The maximum Gasteiger partial charge on any atom is 0.266 e. The Hall–Kier alpha value is -3.71. The molecule has 4 rings (SSSR count). The molecule has 3 aromatic carbocycles. The standard InChI is InChI=1S/C24H20N4O2S/c1-17-11-13-19(14-12-17)28-23(30)20-9-5-6-10-21(20)26-24(28)31-16-22(29)27-25-15-18-7-3-2-4-8-18/h2-15H,16H2,1H3,(H,27,29). The monoisotopic (exact) mass is 428 g/mol. The van der Waals surface area contributed by atoms with Gasteiger partial charge >= 0.3 is 0 Å². The van der Waals surface area contributed by atoms with Crippen molar-refractivity contribution in [2.45, 2.75) is 12.1 Å². The lowest BCUT2D eigenvalue weighted by Crippen LogP contribution is -2.24. The zero-order valence-corrected chi connectivity index (χ0v) is 17.7. The third-order valence-electron chi connectivity index (χ3n) is 4.57. The summed E-state index contributed by atoms with van der Waals surface area (Å²) in [7, 11) is 0. The van der Waals surface area contributed by atoms with E-state index in [9.17, 15) is 9.59 Å². The molecule has 4 aromatic rings. The molecule has 0 unspecified atom stereocenters. The molecular weight excluding hydrogens is 408 g/mol. The van der Waals surface area contributed by atoms with Gasteiger partial charge in [0.1, 0.15) is 0 Å². The van der Waals surface area contributed by atoms with Crippen molar-refractivity contribution in [3.63, 3.8) is 0 Å². The van der Waals surface area contributed by atoms with E-state index < -0.39 is 0 Å². The molecule has 1 heterocycles. The van der Waals surface area contributed by atoms with Crippen LogP contribution in [0.5, 0.6) is 0 Å². The molecule has 0 aliphatic rings. The summed E-state index contributed by atoms with van der Waals surface area (Å²) in [5, 5.41) is 4.97. The van der Waals surface area contributed by atoms with Gasteiger partial charge in [-0.25, -0.2) is 10.4 Å². The molecule has 0 bridgehead atoms. The highest BCUT2D eigenvalue weighted by Crippen LogP contribution is 2.21. The molecular formula is C24H20N4O2S.